The van der Waals surface area contributed by atoms with Crippen LogP contribution in [0, 0.1) is 0 Å². The highest BCUT2D eigenvalue weighted by molar-refractivity contribution is 5.99. The molecule has 1 unspecified atom stereocenters. The van der Waals surface area contributed by atoms with Crippen molar-refractivity contribution in [2.75, 3.05) is 34.4 Å². The molecular formula is C23H25N3O5. The Kier molecular flexibility index (Phi) is 6.06. The predicted molar refractivity (Wildman–Crippen MR) is 114 cm³/mol. The maximum Gasteiger partial charge on any atom is 0.261 e. The number of methoxy groups -OCH3 is 3. The van der Waals surface area contributed by atoms with Crippen LogP contribution in [0.25, 0.3) is 11.4 Å². The molecule has 2 aromatic carbocycles. The van der Waals surface area contributed by atoms with Crippen molar-refractivity contribution < 1.29 is 23.5 Å². The van der Waals surface area contributed by atoms with Crippen LogP contribution < -0.4 is 14.2 Å². The van der Waals surface area contributed by atoms with E-state index in [1.165, 1.54) is 0 Å². The fourth-order valence-electron chi connectivity index (χ4n) is 3.86. The summed E-state index contributed by atoms with van der Waals surface area (Å²) in [6, 6.07) is 12.8. The van der Waals surface area contributed by atoms with Gasteiger partial charge in [-0.1, -0.05) is 23.4 Å². The lowest BCUT2D eigenvalue weighted by molar-refractivity contribution is 0.0688. The summed E-state index contributed by atoms with van der Waals surface area (Å²) in [5.74, 6) is 2.57. The zero-order chi connectivity index (χ0) is 21.8. The summed E-state index contributed by atoms with van der Waals surface area (Å²) in [5.41, 5.74) is 1.24. The second-order valence-corrected chi connectivity index (χ2v) is 7.32. The smallest absolute Gasteiger partial charge is 0.261 e. The van der Waals surface area contributed by atoms with Crippen molar-refractivity contribution in [3.05, 3.63) is 53.9 Å². The number of piperidine rings is 1. The van der Waals surface area contributed by atoms with Crippen LogP contribution in [0.2, 0.25) is 0 Å². The summed E-state index contributed by atoms with van der Waals surface area (Å²) >= 11 is 0. The van der Waals surface area contributed by atoms with E-state index in [0.717, 1.165) is 24.2 Å². The molecule has 4 rings (SSSR count). The van der Waals surface area contributed by atoms with E-state index in [1.807, 2.05) is 24.3 Å². The van der Waals surface area contributed by atoms with E-state index in [1.54, 1.807) is 44.4 Å². The molecule has 0 spiro atoms. The number of ether oxygens (including phenoxy) is 3. The van der Waals surface area contributed by atoms with Gasteiger partial charge in [0, 0.05) is 18.7 Å². The molecule has 8 nitrogen and oxygen atoms in total. The molecule has 0 N–H and O–H groups in total. The lowest BCUT2D eigenvalue weighted by Gasteiger charge is -2.31. The van der Waals surface area contributed by atoms with Crippen LogP contribution in [-0.2, 0) is 0 Å². The van der Waals surface area contributed by atoms with Gasteiger partial charge >= 0.3 is 0 Å². The molecule has 1 saturated heterocycles. The van der Waals surface area contributed by atoms with E-state index >= 15 is 0 Å². The fourth-order valence-corrected chi connectivity index (χ4v) is 3.86. The second-order valence-electron chi connectivity index (χ2n) is 7.32. The molecule has 1 atom stereocenters. The maximum absolute atomic E-state index is 13.3. The molecule has 1 amide bonds. The SMILES string of the molecule is COc1cccc(-c2noc(C3CCCN(C(=O)c4c(OC)cccc4OC)C3)n2)c1. The number of aromatic nitrogens is 2. The summed E-state index contributed by atoms with van der Waals surface area (Å²) in [6.45, 7) is 1.13. The molecule has 1 aliphatic rings. The number of amides is 1. The first-order chi connectivity index (χ1) is 15.1. The van der Waals surface area contributed by atoms with Crippen molar-refractivity contribution in [3.63, 3.8) is 0 Å². The van der Waals surface area contributed by atoms with Crippen LogP contribution in [0.15, 0.2) is 47.0 Å². The number of hydrogen-bond acceptors (Lipinski definition) is 7. The Morgan fingerprint density at radius 2 is 1.81 bits per heavy atom. The van der Waals surface area contributed by atoms with Crippen LogP contribution in [0.3, 0.4) is 0 Å². The largest absolute Gasteiger partial charge is 0.497 e. The quantitative estimate of drug-likeness (QED) is 0.596. The molecule has 0 bridgehead atoms. The van der Waals surface area contributed by atoms with E-state index in [2.05, 4.69) is 10.1 Å². The summed E-state index contributed by atoms with van der Waals surface area (Å²) in [4.78, 5) is 19.7. The molecule has 1 aromatic heterocycles. The molecule has 162 valence electrons. The Hall–Kier alpha value is -3.55. The molecule has 8 heteroatoms. The van der Waals surface area contributed by atoms with Crippen LogP contribution in [0.5, 0.6) is 17.2 Å². The molecule has 0 aliphatic carbocycles. The molecule has 2 heterocycles. The Labute approximate surface area is 180 Å². The van der Waals surface area contributed by atoms with Gasteiger partial charge in [0.1, 0.15) is 22.8 Å². The highest BCUT2D eigenvalue weighted by Gasteiger charge is 2.31. The Balaban J connectivity index is 1.55. The van der Waals surface area contributed by atoms with E-state index in [-0.39, 0.29) is 11.8 Å². The van der Waals surface area contributed by atoms with Crippen LogP contribution in [-0.4, -0.2) is 55.4 Å². The Morgan fingerprint density at radius 1 is 1.06 bits per heavy atom. The minimum Gasteiger partial charge on any atom is -0.497 e. The monoisotopic (exact) mass is 423 g/mol. The van der Waals surface area contributed by atoms with Gasteiger partial charge in [0.2, 0.25) is 11.7 Å². The van der Waals surface area contributed by atoms with E-state index in [9.17, 15) is 4.79 Å². The Bertz CT molecular complexity index is 1040. The van der Waals surface area contributed by atoms with Gasteiger partial charge in [-0.2, -0.15) is 4.98 Å². The minimum absolute atomic E-state index is 0.0368. The highest BCUT2D eigenvalue weighted by atomic mass is 16.5. The van der Waals surface area contributed by atoms with Crippen molar-refractivity contribution in [1.29, 1.82) is 0 Å². The van der Waals surface area contributed by atoms with Gasteiger partial charge in [0.05, 0.1) is 27.2 Å². The molecular weight excluding hydrogens is 398 g/mol. The average Bonchev–Trinajstić information content (AvgIpc) is 3.33. The van der Waals surface area contributed by atoms with Crippen molar-refractivity contribution in [3.8, 4) is 28.6 Å². The Morgan fingerprint density at radius 3 is 2.52 bits per heavy atom. The molecule has 3 aromatic rings. The second kappa shape index (κ2) is 9.07. The normalized spacial score (nSPS) is 16.1. The standard InChI is InChI=1S/C23H25N3O5/c1-28-17-9-4-7-15(13-17)21-24-22(31-25-21)16-8-6-12-26(14-16)23(27)20-18(29-2)10-5-11-19(20)30-3/h4-5,7,9-11,13,16H,6,8,12,14H2,1-3H3. The maximum atomic E-state index is 13.3. The number of rotatable bonds is 6. The summed E-state index contributed by atoms with van der Waals surface area (Å²) in [7, 11) is 4.71. The highest BCUT2D eigenvalue weighted by Crippen LogP contribution is 2.33. The van der Waals surface area contributed by atoms with E-state index in [4.69, 9.17) is 18.7 Å². The third kappa shape index (κ3) is 4.19. The van der Waals surface area contributed by atoms with Crippen molar-refractivity contribution >= 4 is 5.91 Å². The predicted octanol–water partition coefficient (Wildman–Crippen LogP) is 3.78. The third-order valence-corrected chi connectivity index (χ3v) is 5.47. The summed E-state index contributed by atoms with van der Waals surface area (Å²) in [6.07, 6.45) is 1.71. The lowest BCUT2D eigenvalue weighted by Crippen LogP contribution is -2.39. The van der Waals surface area contributed by atoms with Gasteiger partial charge in [0.25, 0.3) is 5.91 Å². The van der Waals surface area contributed by atoms with E-state index in [0.29, 0.717) is 41.9 Å². The van der Waals surface area contributed by atoms with Gasteiger partial charge in [-0.3, -0.25) is 4.79 Å². The van der Waals surface area contributed by atoms with Gasteiger partial charge in [-0.25, -0.2) is 0 Å². The molecule has 0 saturated carbocycles. The summed E-state index contributed by atoms with van der Waals surface area (Å²) in [5, 5.41) is 4.13. The van der Waals surface area contributed by atoms with Crippen LogP contribution >= 0.6 is 0 Å². The number of carbonyl (C=O) groups is 1. The van der Waals surface area contributed by atoms with Crippen molar-refractivity contribution in [1.82, 2.24) is 15.0 Å². The van der Waals surface area contributed by atoms with Crippen molar-refractivity contribution in [2.45, 2.75) is 18.8 Å². The topological polar surface area (TPSA) is 86.9 Å². The molecule has 1 fully saturated rings. The lowest BCUT2D eigenvalue weighted by atomic mass is 9.97. The van der Waals surface area contributed by atoms with Gasteiger partial charge in [-0.15, -0.1) is 0 Å². The number of likely N-dealkylation sites (tertiary alicyclic amines) is 1. The van der Waals surface area contributed by atoms with Gasteiger partial charge in [-0.05, 0) is 37.1 Å². The first-order valence-corrected chi connectivity index (χ1v) is 10.1. The average molecular weight is 423 g/mol. The molecule has 31 heavy (non-hydrogen) atoms. The third-order valence-electron chi connectivity index (χ3n) is 5.47. The fraction of sp³-hybridized carbons (Fsp3) is 0.348. The number of carbonyl (C=O) groups excluding carboxylic acids is 1. The van der Waals surface area contributed by atoms with Gasteiger partial charge < -0.3 is 23.6 Å². The van der Waals surface area contributed by atoms with Crippen LogP contribution in [0.4, 0.5) is 0 Å². The number of hydrogen-bond donors (Lipinski definition) is 0. The van der Waals surface area contributed by atoms with Gasteiger partial charge in [0.15, 0.2) is 0 Å². The van der Waals surface area contributed by atoms with E-state index < -0.39 is 0 Å². The van der Waals surface area contributed by atoms with Crippen molar-refractivity contribution in [2.24, 2.45) is 0 Å². The number of nitrogens with zero attached hydrogens (tertiary/aromatic N) is 3. The molecule has 1 aliphatic heterocycles. The zero-order valence-corrected chi connectivity index (χ0v) is 17.8. The van der Waals surface area contributed by atoms with Crippen LogP contribution in [0.1, 0.15) is 35.0 Å². The first-order valence-electron chi connectivity index (χ1n) is 10.1. The number of benzene rings is 2. The first kappa shape index (κ1) is 20.7. The summed E-state index contributed by atoms with van der Waals surface area (Å²) < 4.78 is 21.6. The zero-order valence-electron chi connectivity index (χ0n) is 17.8. The minimum atomic E-state index is -0.133. The molecule has 0 radical (unpaired) electrons.